The molecule has 4 rings (SSSR count). The van der Waals surface area contributed by atoms with E-state index in [4.69, 9.17) is 0 Å². The molecule has 2 amide bonds. The molecule has 0 saturated heterocycles. The molecule has 1 fully saturated rings. The molecule has 2 aromatic heterocycles. The lowest BCUT2D eigenvalue weighted by Gasteiger charge is -2.36. The van der Waals surface area contributed by atoms with E-state index >= 15 is 0 Å². The van der Waals surface area contributed by atoms with Crippen LogP contribution in [-0.2, 0) is 4.79 Å². The number of anilines is 1. The minimum Gasteiger partial charge on any atom is -0.394 e. The molecule has 3 aromatic rings. The van der Waals surface area contributed by atoms with Gasteiger partial charge < -0.3 is 15.7 Å². The Bertz CT molecular complexity index is 1200. The van der Waals surface area contributed by atoms with Crippen LogP contribution in [0, 0.1) is 31.6 Å². The smallest absolute Gasteiger partial charge is 0.270 e. The summed E-state index contributed by atoms with van der Waals surface area (Å²) in [7, 11) is 0. The maximum Gasteiger partial charge on any atom is 0.270 e. The highest BCUT2D eigenvalue weighted by Gasteiger charge is 2.36. The Balaban J connectivity index is 1.55. The first-order valence-corrected chi connectivity index (χ1v) is 13.1. The molecule has 0 aliphatic heterocycles. The molecule has 1 aliphatic rings. The number of aromatic amines is 1. The van der Waals surface area contributed by atoms with E-state index in [1.165, 1.54) is 10.9 Å². The monoisotopic (exact) mass is 506 g/mol. The molecule has 3 unspecified atom stereocenters. The van der Waals surface area contributed by atoms with Crippen LogP contribution in [0.15, 0.2) is 36.5 Å². The minimum atomic E-state index is -0.691. The molecule has 1 aliphatic carbocycles. The van der Waals surface area contributed by atoms with Crippen molar-refractivity contribution >= 4 is 17.5 Å². The third-order valence-electron chi connectivity index (χ3n) is 7.41. The standard InChI is InChI=1S/C28H38N6O3/c1-16-12-17(2)14-22(13-16)26(31-27(36)24-10-11-29-34(24)18(3)15-35)28(37)30-23-8-6-21(7-9-23)25-19(4)32-33-20(25)5/h6-11,16-18,22,26,35H,12-15H2,1-5H3,(H,30,37)(H,31,36)(H,32,33)/t16-,17+,18?,22?,26?. The second-order valence-electron chi connectivity index (χ2n) is 10.7. The van der Waals surface area contributed by atoms with Crippen LogP contribution >= 0.6 is 0 Å². The first-order valence-electron chi connectivity index (χ1n) is 13.1. The van der Waals surface area contributed by atoms with Crippen LogP contribution < -0.4 is 10.6 Å². The number of aliphatic hydroxyl groups is 1. The molecule has 0 spiro atoms. The van der Waals surface area contributed by atoms with Crippen LogP contribution in [0.5, 0.6) is 0 Å². The van der Waals surface area contributed by atoms with Crippen LogP contribution in [0.2, 0.25) is 0 Å². The number of aryl methyl sites for hydroxylation is 2. The van der Waals surface area contributed by atoms with Gasteiger partial charge in [-0.1, -0.05) is 26.0 Å². The second kappa shape index (κ2) is 11.3. The Morgan fingerprint density at radius 3 is 2.38 bits per heavy atom. The lowest BCUT2D eigenvalue weighted by molar-refractivity contribution is -0.119. The number of nitrogens with one attached hydrogen (secondary N) is 3. The summed E-state index contributed by atoms with van der Waals surface area (Å²) in [6.45, 7) is 10.00. The van der Waals surface area contributed by atoms with Crippen molar-refractivity contribution in [3.63, 3.8) is 0 Å². The third-order valence-corrected chi connectivity index (χ3v) is 7.41. The molecular formula is C28H38N6O3. The van der Waals surface area contributed by atoms with Crippen molar-refractivity contribution in [2.75, 3.05) is 11.9 Å². The molecule has 1 saturated carbocycles. The Kier molecular flexibility index (Phi) is 8.12. The van der Waals surface area contributed by atoms with E-state index in [9.17, 15) is 14.7 Å². The number of aromatic nitrogens is 4. The van der Waals surface area contributed by atoms with E-state index in [0.29, 0.717) is 23.2 Å². The van der Waals surface area contributed by atoms with Gasteiger partial charge in [-0.25, -0.2) is 0 Å². The zero-order chi connectivity index (χ0) is 26.7. The van der Waals surface area contributed by atoms with Gasteiger partial charge in [0.2, 0.25) is 5.91 Å². The number of amides is 2. The number of carbonyl (C=O) groups is 2. The van der Waals surface area contributed by atoms with E-state index in [-0.39, 0.29) is 30.4 Å². The number of benzene rings is 1. The number of rotatable bonds is 8. The maximum absolute atomic E-state index is 13.6. The Hall–Kier alpha value is -3.46. The molecule has 198 valence electrons. The Labute approximate surface area is 218 Å². The number of hydrogen-bond donors (Lipinski definition) is 4. The van der Waals surface area contributed by atoms with Crippen LogP contribution in [-0.4, -0.2) is 49.5 Å². The fourth-order valence-corrected chi connectivity index (χ4v) is 5.73. The van der Waals surface area contributed by atoms with Crippen molar-refractivity contribution in [1.29, 1.82) is 0 Å². The van der Waals surface area contributed by atoms with Gasteiger partial charge in [0.05, 0.1) is 18.3 Å². The molecule has 9 nitrogen and oxygen atoms in total. The van der Waals surface area contributed by atoms with Gasteiger partial charge in [-0.2, -0.15) is 10.2 Å². The number of nitrogens with zero attached hydrogens (tertiary/aromatic N) is 3. The summed E-state index contributed by atoms with van der Waals surface area (Å²) in [6.07, 6.45) is 4.39. The average molecular weight is 507 g/mol. The van der Waals surface area contributed by atoms with Crippen LogP contribution in [0.3, 0.4) is 0 Å². The number of H-pyrrole nitrogens is 1. The molecule has 9 heteroatoms. The van der Waals surface area contributed by atoms with E-state index < -0.39 is 6.04 Å². The summed E-state index contributed by atoms with van der Waals surface area (Å²) >= 11 is 0. The van der Waals surface area contributed by atoms with Crippen molar-refractivity contribution in [3.8, 4) is 11.1 Å². The predicted octanol–water partition coefficient (Wildman–Crippen LogP) is 4.25. The van der Waals surface area contributed by atoms with Gasteiger partial charge in [-0.05, 0) is 81.5 Å². The van der Waals surface area contributed by atoms with Crippen molar-refractivity contribution in [3.05, 3.63) is 53.6 Å². The van der Waals surface area contributed by atoms with Crippen LogP contribution in [0.1, 0.15) is 68.0 Å². The van der Waals surface area contributed by atoms with Crippen molar-refractivity contribution in [2.24, 2.45) is 17.8 Å². The highest BCUT2D eigenvalue weighted by molar-refractivity contribution is 6.00. The van der Waals surface area contributed by atoms with Crippen molar-refractivity contribution < 1.29 is 14.7 Å². The minimum absolute atomic E-state index is 0.0184. The summed E-state index contributed by atoms with van der Waals surface area (Å²) in [4.78, 5) is 26.9. The van der Waals surface area contributed by atoms with Gasteiger partial charge in [0.25, 0.3) is 5.91 Å². The van der Waals surface area contributed by atoms with Crippen molar-refractivity contribution in [2.45, 2.75) is 66.0 Å². The highest BCUT2D eigenvalue weighted by Crippen LogP contribution is 2.35. The van der Waals surface area contributed by atoms with E-state index in [2.05, 4.69) is 39.8 Å². The van der Waals surface area contributed by atoms with Gasteiger partial charge in [0, 0.05) is 23.1 Å². The Morgan fingerprint density at radius 1 is 1.11 bits per heavy atom. The summed E-state index contributed by atoms with van der Waals surface area (Å²) in [5.41, 5.74) is 4.99. The van der Waals surface area contributed by atoms with Gasteiger partial charge >= 0.3 is 0 Å². The van der Waals surface area contributed by atoms with Crippen molar-refractivity contribution in [1.82, 2.24) is 25.3 Å². The topological polar surface area (TPSA) is 125 Å². The van der Waals surface area contributed by atoms with Crippen LogP contribution in [0.25, 0.3) is 11.1 Å². The van der Waals surface area contributed by atoms with E-state index in [1.807, 2.05) is 38.1 Å². The zero-order valence-electron chi connectivity index (χ0n) is 22.3. The van der Waals surface area contributed by atoms with E-state index in [1.54, 1.807) is 13.0 Å². The normalized spacial score (nSPS) is 21.3. The second-order valence-corrected chi connectivity index (χ2v) is 10.7. The summed E-state index contributed by atoms with van der Waals surface area (Å²) in [6, 6.07) is 8.26. The maximum atomic E-state index is 13.6. The molecule has 5 atom stereocenters. The average Bonchev–Trinajstić information content (AvgIpc) is 3.48. The zero-order valence-corrected chi connectivity index (χ0v) is 22.3. The summed E-state index contributed by atoms with van der Waals surface area (Å²) < 4.78 is 1.50. The molecule has 2 heterocycles. The van der Waals surface area contributed by atoms with Crippen LogP contribution in [0.4, 0.5) is 5.69 Å². The first-order chi connectivity index (χ1) is 17.7. The number of aliphatic hydroxyl groups excluding tert-OH is 1. The first kappa shape index (κ1) is 26.6. The molecule has 37 heavy (non-hydrogen) atoms. The highest BCUT2D eigenvalue weighted by atomic mass is 16.3. The number of hydrogen-bond acceptors (Lipinski definition) is 5. The quantitative estimate of drug-likeness (QED) is 0.363. The summed E-state index contributed by atoms with van der Waals surface area (Å²) in [5, 5.41) is 27.1. The van der Waals surface area contributed by atoms with Gasteiger partial charge in [0.15, 0.2) is 0 Å². The van der Waals surface area contributed by atoms with Gasteiger partial charge in [0.1, 0.15) is 11.7 Å². The molecule has 0 radical (unpaired) electrons. The predicted molar refractivity (Wildman–Crippen MR) is 143 cm³/mol. The third kappa shape index (κ3) is 5.93. The van der Waals surface area contributed by atoms with Gasteiger partial charge in [-0.3, -0.25) is 19.4 Å². The number of carbonyl (C=O) groups excluding carboxylic acids is 2. The largest absolute Gasteiger partial charge is 0.394 e. The van der Waals surface area contributed by atoms with Gasteiger partial charge in [-0.15, -0.1) is 0 Å². The molecular weight excluding hydrogens is 468 g/mol. The summed E-state index contributed by atoms with van der Waals surface area (Å²) in [5.74, 6) is 0.363. The lowest BCUT2D eigenvalue weighted by atomic mass is 9.73. The molecule has 4 N–H and O–H groups in total. The fourth-order valence-electron chi connectivity index (χ4n) is 5.73. The fraction of sp³-hybridized carbons (Fsp3) is 0.500. The Morgan fingerprint density at radius 2 is 1.78 bits per heavy atom. The van der Waals surface area contributed by atoms with E-state index in [0.717, 1.165) is 41.8 Å². The molecule has 1 aromatic carbocycles. The SMILES string of the molecule is Cc1n[nH]c(C)c1-c1ccc(NC(=O)C(NC(=O)c2ccnn2C(C)CO)C2C[C@@H](C)C[C@@H](C)C2)cc1. The lowest BCUT2D eigenvalue weighted by Crippen LogP contribution is -2.50. The molecule has 0 bridgehead atoms.